The summed E-state index contributed by atoms with van der Waals surface area (Å²) in [7, 11) is 0. The number of carbonyl (C=O) groups excluding carboxylic acids is 1. The summed E-state index contributed by atoms with van der Waals surface area (Å²) in [4.78, 5) is 15.0. The molecule has 3 rings (SSSR count). The summed E-state index contributed by atoms with van der Waals surface area (Å²) in [6.07, 6.45) is -3.61. The third-order valence-electron chi connectivity index (χ3n) is 3.55. The highest BCUT2D eigenvalue weighted by atomic mass is 32.1. The molecule has 1 amide bonds. The van der Waals surface area contributed by atoms with Gasteiger partial charge in [0.05, 0.1) is 6.20 Å². The molecule has 9 heteroatoms. The summed E-state index contributed by atoms with van der Waals surface area (Å²) in [5.74, 6) is -0.797. The lowest BCUT2D eigenvalue weighted by Crippen LogP contribution is -2.11. The Kier molecular flexibility index (Phi) is 5.41. The van der Waals surface area contributed by atoms with Crippen LogP contribution < -0.4 is 10.6 Å². The Morgan fingerprint density at radius 3 is 2.30 bits per heavy atom. The lowest BCUT2D eigenvalue weighted by molar-refractivity contribution is -0.134. The highest BCUT2D eigenvalue weighted by molar-refractivity contribution is 7.15. The Labute approximate surface area is 155 Å². The number of anilines is 2. The number of thiazole rings is 1. The highest BCUT2D eigenvalue weighted by Crippen LogP contribution is 2.35. The topological polar surface area (TPSA) is 54.0 Å². The average molecular weight is 395 g/mol. The van der Waals surface area contributed by atoms with E-state index in [-0.39, 0.29) is 17.6 Å². The van der Waals surface area contributed by atoms with E-state index in [1.165, 1.54) is 24.3 Å². The molecule has 0 fully saturated rings. The van der Waals surface area contributed by atoms with E-state index in [0.29, 0.717) is 22.6 Å². The second kappa shape index (κ2) is 7.75. The van der Waals surface area contributed by atoms with Crippen LogP contribution >= 0.6 is 11.3 Å². The number of rotatable bonds is 5. The molecule has 0 aliphatic heterocycles. The van der Waals surface area contributed by atoms with Crippen LogP contribution in [0.25, 0.3) is 0 Å². The van der Waals surface area contributed by atoms with Crippen LogP contribution in [-0.2, 0) is 12.7 Å². The zero-order valence-corrected chi connectivity index (χ0v) is 14.5. The van der Waals surface area contributed by atoms with Crippen LogP contribution in [0.2, 0.25) is 0 Å². The quantitative estimate of drug-likeness (QED) is 0.587. The van der Waals surface area contributed by atoms with Gasteiger partial charge in [-0.3, -0.25) is 4.79 Å². The van der Waals surface area contributed by atoms with Crippen molar-refractivity contribution in [3.8, 4) is 0 Å². The fourth-order valence-electron chi connectivity index (χ4n) is 2.18. The number of benzene rings is 2. The Bertz CT molecular complexity index is 921. The van der Waals surface area contributed by atoms with Crippen LogP contribution in [0.3, 0.4) is 0 Å². The Morgan fingerprint density at radius 1 is 1.04 bits per heavy atom. The summed E-state index contributed by atoms with van der Waals surface area (Å²) in [6.45, 7) is 0.289. The standard InChI is InChI=1S/C18H13F4N3OS/c19-13-5-3-12(4-6-13)16(26)25-14-7-1-11(2-8-14)9-23-17-24-10-15(27-17)18(20,21)22/h1-8,10H,9H2,(H,23,24)(H,25,26). The predicted octanol–water partition coefficient (Wildman–Crippen LogP) is 5.17. The van der Waals surface area contributed by atoms with E-state index in [2.05, 4.69) is 15.6 Å². The smallest absolute Gasteiger partial charge is 0.357 e. The van der Waals surface area contributed by atoms with E-state index < -0.39 is 16.9 Å². The molecule has 2 aromatic carbocycles. The van der Waals surface area contributed by atoms with Gasteiger partial charge in [0.25, 0.3) is 5.91 Å². The maximum absolute atomic E-state index is 12.9. The molecule has 1 heterocycles. The summed E-state index contributed by atoms with van der Waals surface area (Å²) < 4.78 is 50.5. The number of carbonyl (C=O) groups is 1. The van der Waals surface area contributed by atoms with Crippen LogP contribution in [0.5, 0.6) is 0 Å². The van der Waals surface area contributed by atoms with Gasteiger partial charge in [-0.25, -0.2) is 9.37 Å². The Balaban J connectivity index is 1.56. The summed E-state index contributed by atoms with van der Waals surface area (Å²) in [5, 5.41) is 5.69. The zero-order valence-electron chi connectivity index (χ0n) is 13.7. The third kappa shape index (κ3) is 5.04. The van der Waals surface area contributed by atoms with Crippen molar-refractivity contribution in [3.05, 3.63) is 76.5 Å². The Morgan fingerprint density at radius 2 is 1.70 bits per heavy atom. The van der Waals surface area contributed by atoms with Crippen molar-refractivity contribution < 1.29 is 22.4 Å². The molecule has 0 aliphatic carbocycles. The summed E-state index contributed by atoms with van der Waals surface area (Å²) in [6, 6.07) is 12.0. The van der Waals surface area contributed by atoms with Crippen LogP contribution in [0, 0.1) is 5.82 Å². The molecule has 0 bridgehead atoms. The number of nitrogens with zero attached hydrogens (tertiary/aromatic N) is 1. The molecular weight excluding hydrogens is 382 g/mol. The van der Waals surface area contributed by atoms with E-state index >= 15 is 0 Å². The fraction of sp³-hybridized carbons (Fsp3) is 0.111. The number of halogens is 4. The lowest BCUT2D eigenvalue weighted by atomic mass is 10.2. The molecule has 0 unspecified atom stereocenters. The molecule has 0 atom stereocenters. The van der Waals surface area contributed by atoms with Crippen molar-refractivity contribution >= 4 is 28.1 Å². The largest absolute Gasteiger partial charge is 0.427 e. The summed E-state index contributed by atoms with van der Waals surface area (Å²) >= 11 is 0.538. The second-order valence-electron chi connectivity index (χ2n) is 5.54. The lowest BCUT2D eigenvalue weighted by Gasteiger charge is -2.07. The van der Waals surface area contributed by atoms with Gasteiger partial charge in [0.2, 0.25) is 0 Å². The summed E-state index contributed by atoms with van der Waals surface area (Å²) in [5.41, 5.74) is 1.67. The van der Waals surface area contributed by atoms with Crippen LogP contribution in [0.4, 0.5) is 28.4 Å². The first kappa shape index (κ1) is 18.8. The van der Waals surface area contributed by atoms with E-state index in [9.17, 15) is 22.4 Å². The normalized spacial score (nSPS) is 11.3. The van der Waals surface area contributed by atoms with E-state index in [1.54, 1.807) is 24.3 Å². The van der Waals surface area contributed by atoms with Gasteiger partial charge < -0.3 is 10.6 Å². The first-order valence-electron chi connectivity index (χ1n) is 7.74. The van der Waals surface area contributed by atoms with Crippen molar-refractivity contribution in [2.24, 2.45) is 0 Å². The van der Waals surface area contributed by atoms with Crippen molar-refractivity contribution in [3.63, 3.8) is 0 Å². The molecule has 0 spiro atoms. The van der Waals surface area contributed by atoms with Gasteiger partial charge in [-0.15, -0.1) is 0 Å². The molecule has 0 saturated carbocycles. The monoisotopic (exact) mass is 395 g/mol. The van der Waals surface area contributed by atoms with Crippen molar-refractivity contribution in [2.45, 2.75) is 12.7 Å². The fourth-order valence-corrected chi connectivity index (χ4v) is 2.85. The molecule has 2 N–H and O–H groups in total. The number of alkyl halides is 3. The van der Waals surface area contributed by atoms with Gasteiger partial charge in [0.15, 0.2) is 5.13 Å². The van der Waals surface area contributed by atoms with Gasteiger partial charge in [-0.2, -0.15) is 13.2 Å². The number of nitrogens with one attached hydrogen (secondary N) is 2. The molecule has 0 saturated heterocycles. The zero-order chi connectivity index (χ0) is 19.4. The van der Waals surface area contributed by atoms with Crippen LogP contribution in [0.15, 0.2) is 54.7 Å². The van der Waals surface area contributed by atoms with Gasteiger partial charge in [-0.1, -0.05) is 23.5 Å². The minimum Gasteiger partial charge on any atom is -0.357 e. The van der Waals surface area contributed by atoms with Gasteiger partial charge in [0.1, 0.15) is 10.7 Å². The SMILES string of the molecule is O=C(Nc1ccc(CNc2ncc(C(F)(F)F)s2)cc1)c1ccc(F)cc1. The maximum atomic E-state index is 12.9. The van der Waals surface area contributed by atoms with Crippen LogP contribution in [-0.4, -0.2) is 10.9 Å². The van der Waals surface area contributed by atoms with E-state index in [4.69, 9.17) is 0 Å². The minimum atomic E-state index is -4.40. The second-order valence-corrected chi connectivity index (χ2v) is 6.57. The number of hydrogen-bond donors (Lipinski definition) is 2. The van der Waals surface area contributed by atoms with E-state index in [0.717, 1.165) is 11.8 Å². The first-order chi connectivity index (χ1) is 12.8. The number of hydrogen-bond acceptors (Lipinski definition) is 4. The minimum absolute atomic E-state index is 0.177. The maximum Gasteiger partial charge on any atom is 0.427 e. The first-order valence-corrected chi connectivity index (χ1v) is 8.56. The Hall–Kier alpha value is -2.94. The van der Waals surface area contributed by atoms with Gasteiger partial charge >= 0.3 is 6.18 Å². The molecule has 3 aromatic rings. The third-order valence-corrected chi connectivity index (χ3v) is 4.55. The average Bonchev–Trinajstić information content (AvgIpc) is 3.11. The van der Waals surface area contributed by atoms with Gasteiger partial charge in [-0.05, 0) is 42.0 Å². The molecule has 140 valence electrons. The van der Waals surface area contributed by atoms with Crippen molar-refractivity contribution in [1.29, 1.82) is 0 Å². The molecule has 0 radical (unpaired) electrons. The van der Waals surface area contributed by atoms with E-state index in [1.807, 2.05) is 0 Å². The molecule has 0 aliphatic rings. The van der Waals surface area contributed by atoms with Crippen molar-refractivity contribution in [1.82, 2.24) is 4.98 Å². The molecule has 4 nitrogen and oxygen atoms in total. The van der Waals surface area contributed by atoms with Crippen molar-refractivity contribution in [2.75, 3.05) is 10.6 Å². The molecular formula is C18H13F4N3OS. The predicted molar refractivity (Wildman–Crippen MR) is 95.2 cm³/mol. The number of aromatic nitrogens is 1. The molecule has 1 aromatic heterocycles. The van der Waals surface area contributed by atoms with Gasteiger partial charge in [0, 0.05) is 17.8 Å². The van der Waals surface area contributed by atoms with Crippen LogP contribution in [0.1, 0.15) is 20.8 Å². The molecule has 27 heavy (non-hydrogen) atoms. The number of amides is 1. The highest BCUT2D eigenvalue weighted by Gasteiger charge is 2.33.